The molecule has 15 heavy (non-hydrogen) atoms. The number of piperidine rings is 3. The van der Waals surface area contributed by atoms with Crippen LogP contribution in [-0.4, -0.2) is 46.3 Å². The highest BCUT2D eigenvalue weighted by Crippen LogP contribution is 2.60. The number of aliphatic hydroxyl groups is 1. The van der Waals surface area contributed by atoms with Gasteiger partial charge in [-0.25, -0.2) is 0 Å². The van der Waals surface area contributed by atoms with Gasteiger partial charge in [-0.15, -0.1) is 0 Å². The van der Waals surface area contributed by atoms with Crippen LogP contribution in [0.5, 0.6) is 0 Å². The summed E-state index contributed by atoms with van der Waals surface area (Å²) in [5.74, 6) is -0.583. The molecule has 1 aliphatic carbocycles. The van der Waals surface area contributed by atoms with E-state index in [1.807, 2.05) is 0 Å². The SMILES string of the molecule is O=C(O)C1(C2(O)CN3CCC2CC3)CC1. The fourth-order valence-corrected chi connectivity index (χ4v) is 3.54. The molecule has 2 N–H and O–H groups in total. The molecule has 2 bridgehead atoms. The summed E-state index contributed by atoms with van der Waals surface area (Å²) in [5, 5.41) is 20.0. The number of aliphatic carboxylic acids is 1. The lowest BCUT2D eigenvalue weighted by atomic mass is 9.66. The number of rotatable bonds is 2. The third-order valence-electron chi connectivity index (χ3n) is 4.72. The molecule has 4 rings (SSSR count). The second kappa shape index (κ2) is 2.74. The first-order valence-electron chi connectivity index (χ1n) is 5.77. The molecule has 3 saturated heterocycles. The molecule has 0 aromatic rings. The summed E-state index contributed by atoms with van der Waals surface area (Å²) in [4.78, 5) is 13.5. The average Bonchev–Trinajstić information content (AvgIpc) is 2.99. The molecule has 1 unspecified atom stereocenters. The maximum Gasteiger partial charge on any atom is 0.312 e. The van der Waals surface area contributed by atoms with Crippen molar-refractivity contribution in [1.29, 1.82) is 0 Å². The monoisotopic (exact) mass is 211 g/mol. The lowest BCUT2D eigenvalue weighted by Gasteiger charge is -2.53. The predicted octanol–water partition coefficient (Wildman–Crippen LogP) is 0.308. The molecule has 0 radical (unpaired) electrons. The van der Waals surface area contributed by atoms with Gasteiger partial charge < -0.3 is 15.1 Å². The van der Waals surface area contributed by atoms with Gasteiger partial charge in [0, 0.05) is 6.54 Å². The van der Waals surface area contributed by atoms with E-state index in [1.54, 1.807) is 0 Å². The van der Waals surface area contributed by atoms with E-state index in [9.17, 15) is 15.0 Å². The summed E-state index contributed by atoms with van der Waals surface area (Å²) in [6.45, 7) is 2.63. The van der Waals surface area contributed by atoms with Crippen LogP contribution in [0.15, 0.2) is 0 Å². The zero-order valence-electron chi connectivity index (χ0n) is 8.78. The van der Waals surface area contributed by atoms with Crippen LogP contribution in [0.3, 0.4) is 0 Å². The Hall–Kier alpha value is -0.610. The van der Waals surface area contributed by atoms with E-state index < -0.39 is 17.0 Å². The molecule has 1 saturated carbocycles. The molecule has 3 heterocycles. The molecule has 1 atom stereocenters. The van der Waals surface area contributed by atoms with Crippen molar-refractivity contribution in [3.05, 3.63) is 0 Å². The first-order valence-corrected chi connectivity index (χ1v) is 5.77. The molecule has 0 amide bonds. The molecule has 0 aromatic heterocycles. The highest BCUT2D eigenvalue weighted by atomic mass is 16.4. The van der Waals surface area contributed by atoms with Gasteiger partial charge in [0.15, 0.2) is 0 Å². The van der Waals surface area contributed by atoms with Crippen LogP contribution >= 0.6 is 0 Å². The van der Waals surface area contributed by atoms with Crippen LogP contribution in [-0.2, 0) is 4.79 Å². The molecule has 84 valence electrons. The van der Waals surface area contributed by atoms with Crippen LogP contribution < -0.4 is 0 Å². The lowest BCUT2D eigenvalue weighted by molar-refractivity contribution is -0.182. The Morgan fingerprint density at radius 3 is 2.20 bits per heavy atom. The smallest absolute Gasteiger partial charge is 0.312 e. The first-order chi connectivity index (χ1) is 7.08. The highest BCUT2D eigenvalue weighted by molar-refractivity contribution is 5.80. The minimum atomic E-state index is -0.949. The summed E-state index contributed by atoms with van der Waals surface area (Å²) in [6.07, 6.45) is 3.24. The number of carboxylic acid groups (broad SMARTS) is 1. The topological polar surface area (TPSA) is 60.8 Å². The Labute approximate surface area is 88.9 Å². The molecule has 0 aromatic carbocycles. The van der Waals surface area contributed by atoms with E-state index in [-0.39, 0.29) is 5.92 Å². The van der Waals surface area contributed by atoms with Gasteiger partial charge in [0.05, 0.1) is 11.0 Å². The van der Waals surface area contributed by atoms with Crippen LogP contribution in [0.4, 0.5) is 0 Å². The van der Waals surface area contributed by atoms with Gasteiger partial charge in [0.25, 0.3) is 0 Å². The molecule has 4 aliphatic rings. The zero-order valence-corrected chi connectivity index (χ0v) is 8.78. The lowest BCUT2D eigenvalue weighted by Crippen LogP contribution is -2.64. The Bertz CT molecular complexity index is 305. The Balaban J connectivity index is 1.94. The average molecular weight is 211 g/mol. The molecule has 4 fully saturated rings. The van der Waals surface area contributed by atoms with Gasteiger partial charge in [-0.2, -0.15) is 0 Å². The number of fused-ring (bicyclic) bond motifs is 3. The van der Waals surface area contributed by atoms with Crippen molar-refractivity contribution in [2.75, 3.05) is 19.6 Å². The van der Waals surface area contributed by atoms with E-state index >= 15 is 0 Å². The van der Waals surface area contributed by atoms with Gasteiger partial charge in [0.2, 0.25) is 0 Å². The van der Waals surface area contributed by atoms with Crippen molar-refractivity contribution in [2.45, 2.75) is 31.3 Å². The minimum Gasteiger partial charge on any atom is -0.481 e. The van der Waals surface area contributed by atoms with Crippen molar-refractivity contribution < 1.29 is 15.0 Å². The quantitative estimate of drug-likeness (QED) is 0.690. The fraction of sp³-hybridized carbons (Fsp3) is 0.909. The second-order valence-electron chi connectivity index (χ2n) is 5.36. The van der Waals surface area contributed by atoms with Crippen molar-refractivity contribution >= 4 is 5.97 Å². The summed E-state index contributed by atoms with van der Waals surface area (Å²) in [6, 6.07) is 0. The molecule has 0 spiro atoms. The molecule has 3 aliphatic heterocycles. The second-order valence-corrected chi connectivity index (χ2v) is 5.36. The van der Waals surface area contributed by atoms with Gasteiger partial charge in [-0.3, -0.25) is 4.79 Å². The van der Waals surface area contributed by atoms with Crippen LogP contribution in [0.2, 0.25) is 0 Å². The zero-order chi connectivity index (χ0) is 10.7. The van der Waals surface area contributed by atoms with Gasteiger partial charge in [0.1, 0.15) is 0 Å². The van der Waals surface area contributed by atoms with E-state index in [0.29, 0.717) is 19.4 Å². The van der Waals surface area contributed by atoms with E-state index in [4.69, 9.17) is 0 Å². The number of hydrogen-bond donors (Lipinski definition) is 2. The third kappa shape index (κ3) is 1.06. The maximum absolute atomic E-state index is 11.3. The van der Waals surface area contributed by atoms with E-state index in [1.165, 1.54) is 0 Å². The first kappa shape index (κ1) is 9.60. The summed E-state index contributed by atoms with van der Waals surface area (Å²) in [7, 11) is 0. The van der Waals surface area contributed by atoms with Gasteiger partial charge in [-0.05, 0) is 44.7 Å². The maximum atomic E-state index is 11.3. The Kier molecular flexibility index (Phi) is 1.75. The third-order valence-corrected chi connectivity index (χ3v) is 4.72. The Morgan fingerprint density at radius 2 is 1.87 bits per heavy atom. The standard InChI is InChI=1S/C11H17NO3/c13-9(14)10(3-4-10)11(15)7-12-5-1-8(11)2-6-12/h8,15H,1-7H2,(H,13,14). The summed E-state index contributed by atoms with van der Waals surface area (Å²) in [5.41, 5.74) is -1.76. The number of carbonyl (C=O) groups is 1. The van der Waals surface area contributed by atoms with Crippen LogP contribution in [0, 0.1) is 11.3 Å². The number of hydrogen-bond acceptors (Lipinski definition) is 3. The summed E-state index contributed by atoms with van der Waals surface area (Å²) < 4.78 is 0. The van der Waals surface area contributed by atoms with Crippen molar-refractivity contribution in [3.63, 3.8) is 0 Å². The van der Waals surface area contributed by atoms with Crippen molar-refractivity contribution in [3.8, 4) is 0 Å². The largest absolute Gasteiger partial charge is 0.481 e. The van der Waals surface area contributed by atoms with Crippen molar-refractivity contribution in [1.82, 2.24) is 4.90 Å². The van der Waals surface area contributed by atoms with Gasteiger partial charge >= 0.3 is 5.97 Å². The minimum absolute atomic E-state index is 0.209. The number of carboxylic acids is 1. The highest BCUT2D eigenvalue weighted by Gasteiger charge is 2.68. The van der Waals surface area contributed by atoms with E-state index in [0.717, 1.165) is 25.9 Å². The fourth-order valence-electron chi connectivity index (χ4n) is 3.54. The van der Waals surface area contributed by atoms with Gasteiger partial charge in [-0.1, -0.05) is 0 Å². The van der Waals surface area contributed by atoms with Crippen LogP contribution in [0.25, 0.3) is 0 Å². The molecule has 4 nitrogen and oxygen atoms in total. The van der Waals surface area contributed by atoms with E-state index in [2.05, 4.69) is 4.90 Å². The Morgan fingerprint density at radius 1 is 1.27 bits per heavy atom. The van der Waals surface area contributed by atoms with Crippen LogP contribution in [0.1, 0.15) is 25.7 Å². The van der Waals surface area contributed by atoms with Crippen molar-refractivity contribution in [2.24, 2.45) is 11.3 Å². The molecule has 4 heteroatoms. The predicted molar refractivity (Wildman–Crippen MR) is 53.4 cm³/mol. The normalized spacial score (nSPS) is 46.5. The molecular weight excluding hydrogens is 194 g/mol. The molecular formula is C11H17NO3. The number of nitrogens with zero attached hydrogens (tertiary/aromatic N) is 1. The summed E-state index contributed by atoms with van der Waals surface area (Å²) >= 11 is 0.